The summed E-state index contributed by atoms with van der Waals surface area (Å²) in [6, 6.07) is 0.0654. The Bertz CT molecular complexity index is 419. The molecule has 124 valence electrons. The summed E-state index contributed by atoms with van der Waals surface area (Å²) in [4.78, 5) is 0. The predicted molar refractivity (Wildman–Crippen MR) is 84.2 cm³/mol. The molecule has 1 aliphatic carbocycles. The van der Waals surface area contributed by atoms with Crippen LogP contribution in [0, 0.1) is 5.92 Å². The maximum absolute atomic E-state index is 13.0. The molecule has 1 aliphatic heterocycles. The molecule has 0 spiro atoms. The molecule has 1 heterocycles. The van der Waals surface area contributed by atoms with E-state index in [1.807, 2.05) is 0 Å². The normalized spacial score (nSPS) is 27.9. The van der Waals surface area contributed by atoms with Crippen LogP contribution in [0.1, 0.15) is 58.8 Å². The minimum Gasteiger partial charge on any atom is -0.392 e. The molecular formula is C15H30N2O3S. The zero-order chi connectivity index (χ0) is 15.5. The first-order valence-electron chi connectivity index (χ1n) is 8.36. The number of aliphatic hydroxyl groups excluding tert-OH is 1. The van der Waals surface area contributed by atoms with Crippen molar-refractivity contribution in [3.05, 3.63) is 0 Å². The van der Waals surface area contributed by atoms with Gasteiger partial charge in [0.2, 0.25) is 0 Å². The van der Waals surface area contributed by atoms with Crippen molar-refractivity contribution in [3.63, 3.8) is 0 Å². The molecule has 21 heavy (non-hydrogen) atoms. The zero-order valence-corrected chi connectivity index (χ0v) is 14.2. The molecule has 2 atom stereocenters. The average molecular weight is 318 g/mol. The summed E-state index contributed by atoms with van der Waals surface area (Å²) in [5, 5.41) is 9.74. The predicted octanol–water partition coefficient (Wildman–Crippen LogP) is 1.98. The van der Waals surface area contributed by atoms with Crippen molar-refractivity contribution in [2.45, 2.75) is 70.9 Å². The van der Waals surface area contributed by atoms with Crippen LogP contribution in [-0.2, 0) is 10.2 Å². The highest BCUT2D eigenvalue weighted by molar-refractivity contribution is 7.86. The van der Waals surface area contributed by atoms with E-state index in [4.69, 9.17) is 0 Å². The molecule has 0 aromatic rings. The molecule has 1 saturated carbocycles. The van der Waals surface area contributed by atoms with Gasteiger partial charge in [0.25, 0.3) is 10.2 Å². The van der Waals surface area contributed by atoms with Crippen LogP contribution in [0.15, 0.2) is 0 Å². The molecule has 2 fully saturated rings. The Labute approximate surface area is 129 Å². The smallest absolute Gasteiger partial charge is 0.282 e. The van der Waals surface area contributed by atoms with E-state index in [2.05, 4.69) is 6.92 Å². The third-order valence-corrected chi connectivity index (χ3v) is 6.69. The molecule has 2 unspecified atom stereocenters. The van der Waals surface area contributed by atoms with Gasteiger partial charge in [0.1, 0.15) is 0 Å². The molecule has 0 amide bonds. The van der Waals surface area contributed by atoms with Gasteiger partial charge in [-0.05, 0) is 38.5 Å². The van der Waals surface area contributed by atoms with Gasteiger partial charge in [-0.3, -0.25) is 0 Å². The van der Waals surface area contributed by atoms with Crippen LogP contribution in [0.25, 0.3) is 0 Å². The van der Waals surface area contributed by atoms with Gasteiger partial charge in [-0.25, -0.2) is 0 Å². The highest BCUT2D eigenvalue weighted by Gasteiger charge is 2.37. The van der Waals surface area contributed by atoms with E-state index >= 15 is 0 Å². The number of hydrogen-bond acceptors (Lipinski definition) is 3. The second-order valence-corrected chi connectivity index (χ2v) is 8.70. The number of piperidine rings is 1. The highest BCUT2D eigenvalue weighted by Crippen LogP contribution is 2.28. The van der Waals surface area contributed by atoms with Crippen molar-refractivity contribution in [2.75, 3.05) is 19.6 Å². The number of hydrogen-bond donors (Lipinski definition) is 1. The Hall–Kier alpha value is -0.170. The van der Waals surface area contributed by atoms with Crippen molar-refractivity contribution in [1.29, 1.82) is 0 Å². The Morgan fingerprint density at radius 3 is 2.43 bits per heavy atom. The summed E-state index contributed by atoms with van der Waals surface area (Å²) in [6.45, 7) is 5.24. The third kappa shape index (κ3) is 4.41. The lowest BCUT2D eigenvalue weighted by molar-refractivity contribution is 0.128. The number of aliphatic hydroxyl groups is 1. The quantitative estimate of drug-likeness (QED) is 0.843. The van der Waals surface area contributed by atoms with Gasteiger partial charge in [0.15, 0.2) is 0 Å². The largest absolute Gasteiger partial charge is 0.392 e. The minimum absolute atomic E-state index is 0.0654. The molecule has 1 N–H and O–H groups in total. The first-order valence-corrected chi connectivity index (χ1v) is 9.76. The molecule has 0 radical (unpaired) electrons. The van der Waals surface area contributed by atoms with Crippen LogP contribution in [0.5, 0.6) is 0 Å². The molecule has 0 bridgehead atoms. The van der Waals surface area contributed by atoms with Crippen molar-refractivity contribution < 1.29 is 13.5 Å². The maximum atomic E-state index is 13.0. The first-order chi connectivity index (χ1) is 9.91. The standard InChI is InChI=1S/C15H30N2O3S/c1-13-7-6-10-16(11-13)21(19,20)17(12-14(2)18)15-8-4-3-5-9-15/h13-15,18H,3-12H2,1-2H3. The molecule has 6 heteroatoms. The van der Waals surface area contributed by atoms with Crippen LogP contribution in [0.4, 0.5) is 0 Å². The average Bonchev–Trinajstić information content (AvgIpc) is 2.45. The lowest BCUT2D eigenvalue weighted by Crippen LogP contribution is -2.53. The van der Waals surface area contributed by atoms with E-state index < -0.39 is 16.3 Å². The fourth-order valence-electron chi connectivity index (χ4n) is 3.57. The SMILES string of the molecule is CC(O)CN(C1CCCCC1)S(=O)(=O)N1CCCC(C)C1. The zero-order valence-electron chi connectivity index (χ0n) is 13.4. The Balaban J connectivity index is 2.16. The van der Waals surface area contributed by atoms with Gasteiger partial charge in [0, 0.05) is 25.7 Å². The van der Waals surface area contributed by atoms with E-state index in [9.17, 15) is 13.5 Å². The van der Waals surface area contributed by atoms with E-state index in [1.165, 1.54) is 6.42 Å². The van der Waals surface area contributed by atoms with Gasteiger partial charge in [-0.2, -0.15) is 17.0 Å². The van der Waals surface area contributed by atoms with Crippen LogP contribution >= 0.6 is 0 Å². The maximum Gasteiger partial charge on any atom is 0.282 e. The molecular weight excluding hydrogens is 288 g/mol. The first kappa shape index (κ1) is 17.2. The van der Waals surface area contributed by atoms with Crippen LogP contribution < -0.4 is 0 Å². The molecule has 2 rings (SSSR count). The number of rotatable bonds is 5. The topological polar surface area (TPSA) is 60.9 Å². The van der Waals surface area contributed by atoms with Crippen LogP contribution in [0.2, 0.25) is 0 Å². The van der Waals surface area contributed by atoms with Gasteiger partial charge in [0.05, 0.1) is 6.10 Å². The van der Waals surface area contributed by atoms with Crippen molar-refractivity contribution in [2.24, 2.45) is 5.92 Å². The van der Waals surface area contributed by atoms with Gasteiger partial charge < -0.3 is 5.11 Å². The molecule has 2 aliphatic rings. The van der Waals surface area contributed by atoms with E-state index in [-0.39, 0.29) is 12.6 Å². The molecule has 1 saturated heterocycles. The van der Waals surface area contributed by atoms with Gasteiger partial charge in [-0.15, -0.1) is 0 Å². The monoisotopic (exact) mass is 318 g/mol. The molecule has 5 nitrogen and oxygen atoms in total. The van der Waals surface area contributed by atoms with E-state index in [0.717, 1.165) is 38.5 Å². The second-order valence-electron chi connectivity index (χ2n) is 6.82. The molecule has 0 aromatic heterocycles. The molecule has 0 aromatic carbocycles. The van der Waals surface area contributed by atoms with Gasteiger partial charge >= 0.3 is 0 Å². The fraction of sp³-hybridized carbons (Fsp3) is 1.00. The summed E-state index contributed by atoms with van der Waals surface area (Å²) >= 11 is 0. The second kappa shape index (κ2) is 7.40. The van der Waals surface area contributed by atoms with E-state index in [0.29, 0.717) is 19.0 Å². The summed E-state index contributed by atoms with van der Waals surface area (Å²) < 4.78 is 29.2. The summed E-state index contributed by atoms with van der Waals surface area (Å²) in [6.07, 6.45) is 6.65. The summed E-state index contributed by atoms with van der Waals surface area (Å²) in [7, 11) is -3.45. The lowest BCUT2D eigenvalue weighted by atomic mass is 9.95. The Morgan fingerprint density at radius 2 is 1.86 bits per heavy atom. The fourth-order valence-corrected chi connectivity index (χ4v) is 5.66. The van der Waals surface area contributed by atoms with Gasteiger partial charge in [-0.1, -0.05) is 26.2 Å². The Morgan fingerprint density at radius 1 is 1.19 bits per heavy atom. The van der Waals surface area contributed by atoms with Crippen molar-refractivity contribution in [3.8, 4) is 0 Å². The van der Waals surface area contributed by atoms with Crippen LogP contribution in [-0.4, -0.2) is 53.9 Å². The highest BCUT2D eigenvalue weighted by atomic mass is 32.2. The van der Waals surface area contributed by atoms with E-state index in [1.54, 1.807) is 15.5 Å². The minimum atomic E-state index is -3.45. The summed E-state index contributed by atoms with van der Waals surface area (Å²) in [5.41, 5.74) is 0. The lowest BCUT2D eigenvalue weighted by Gasteiger charge is -2.39. The van der Waals surface area contributed by atoms with Crippen LogP contribution in [0.3, 0.4) is 0 Å². The third-order valence-electron chi connectivity index (χ3n) is 4.67. The van der Waals surface area contributed by atoms with Crippen molar-refractivity contribution in [1.82, 2.24) is 8.61 Å². The number of nitrogens with zero attached hydrogens (tertiary/aromatic N) is 2. The summed E-state index contributed by atoms with van der Waals surface area (Å²) in [5.74, 6) is 0.424. The van der Waals surface area contributed by atoms with Crippen molar-refractivity contribution >= 4 is 10.2 Å². The Kier molecular flexibility index (Phi) is 6.05.